The maximum Gasteiger partial charge on any atom is 0.0749 e. The van der Waals surface area contributed by atoms with E-state index >= 15 is 0 Å². The lowest BCUT2D eigenvalue weighted by Gasteiger charge is -2.23. The maximum absolute atomic E-state index is 5.58. The number of allylic oxidation sites excluding steroid dienone is 2. The van der Waals surface area contributed by atoms with Crippen LogP contribution in [0.1, 0.15) is 47.2 Å². The van der Waals surface area contributed by atoms with Gasteiger partial charge >= 0.3 is 0 Å². The van der Waals surface area contributed by atoms with Gasteiger partial charge in [0.05, 0.1) is 17.4 Å². The van der Waals surface area contributed by atoms with Gasteiger partial charge in [0.1, 0.15) is 0 Å². The minimum absolute atomic E-state index is 0.420. The van der Waals surface area contributed by atoms with Gasteiger partial charge in [-0.05, 0) is 72.7 Å². The fraction of sp³-hybridized carbons (Fsp3) is 0.345. The topological polar surface area (TPSA) is 42.7 Å². The molecule has 0 atom stereocenters. The standard InChI is InChI=1S/C29H30N4O/c1-3-24(21-9-14-34-15-10-21)27-19-31-33-13-8-22(17-29(27)33)25-4-5-28-26(25)16-23(18-30-28)20-6-11-32(2)12-7-20/h4,6,8,13,16-19,21H,1,5,7,9-12,14-15H2,2H3. The first-order valence-electron chi connectivity index (χ1n) is 12.2. The molecule has 1 aliphatic carbocycles. The average molecular weight is 451 g/mol. The van der Waals surface area contributed by atoms with Crippen molar-refractivity contribution >= 4 is 22.2 Å². The first kappa shape index (κ1) is 21.3. The van der Waals surface area contributed by atoms with Crippen LogP contribution < -0.4 is 0 Å². The molecule has 1 fully saturated rings. The number of rotatable bonds is 4. The Balaban J connectivity index is 1.37. The molecule has 3 aromatic heterocycles. The fourth-order valence-corrected chi connectivity index (χ4v) is 5.48. The van der Waals surface area contributed by atoms with Crippen LogP contribution in [0, 0.1) is 5.92 Å². The molecule has 5 heteroatoms. The minimum Gasteiger partial charge on any atom is -0.381 e. The highest BCUT2D eigenvalue weighted by Crippen LogP contribution is 2.37. The molecule has 172 valence electrons. The molecule has 5 heterocycles. The van der Waals surface area contributed by atoms with Gasteiger partial charge in [0, 0.05) is 61.8 Å². The predicted octanol–water partition coefficient (Wildman–Crippen LogP) is 5.03. The Morgan fingerprint density at radius 2 is 2.03 bits per heavy atom. The van der Waals surface area contributed by atoms with Gasteiger partial charge < -0.3 is 9.64 Å². The van der Waals surface area contributed by atoms with E-state index in [9.17, 15) is 0 Å². The summed E-state index contributed by atoms with van der Waals surface area (Å²) in [5.74, 6) is 0.420. The van der Waals surface area contributed by atoms with Crippen molar-refractivity contribution in [2.45, 2.75) is 25.7 Å². The van der Waals surface area contributed by atoms with Gasteiger partial charge in [-0.3, -0.25) is 4.98 Å². The molecule has 0 unspecified atom stereocenters. The van der Waals surface area contributed by atoms with Gasteiger partial charge in [0.2, 0.25) is 0 Å². The molecule has 0 aromatic carbocycles. The smallest absolute Gasteiger partial charge is 0.0749 e. The number of nitrogens with zero attached hydrogens (tertiary/aromatic N) is 4. The van der Waals surface area contributed by atoms with Crippen LogP contribution in [0.2, 0.25) is 0 Å². The number of hydrogen-bond acceptors (Lipinski definition) is 4. The second-order valence-electron chi connectivity index (χ2n) is 9.56. The molecule has 3 aromatic rings. The van der Waals surface area contributed by atoms with Crippen molar-refractivity contribution in [2.75, 3.05) is 33.4 Å². The van der Waals surface area contributed by atoms with E-state index < -0.39 is 0 Å². The van der Waals surface area contributed by atoms with Crippen LogP contribution >= 0.6 is 0 Å². The van der Waals surface area contributed by atoms with Crippen LogP contribution in [0.3, 0.4) is 0 Å². The molecule has 6 rings (SSSR count). The van der Waals surface area contributed by atoms with Crippen LogP contribution in [0.25, 0.3) is 22.2 Å². The highest BCUT2D eigenvalue weighted by atomic mass is 16.5. The van der Waals surface area contributed by atoms with Crippen molar-refractivity contribution < 1.29 is 4.74 Å². The Labute approximate surface area is 200 Å². The minimum atomic E-state index is 0.420. The molecular formula is C29H30N4O. The van der Waals surface area contributed by atoms with Gasteiger partial charge in [0.15, 0.2) is 0 Å². The Hall–Kier alpha value is -3.24. The van der Waals surface area contributed by atoms with Crippen molar-refractivity contribution in [1.29, 1.82) is 0 Å². The zero-order valence-electron chi connectivity index (χ0n) is 19.8. The molecule has 2 aliphatic heterocycles. The summed E-state index contributed by atoms with van der Waals surface area (Å²) in [7, 11) is 2.17. The first-order chi connectivity index (χ1) is 16.7. The van der Waals surface area contributed by atoms with Gasteiger partial charge in [-0.25, -0.2) is 4.52 Å². The number of pyridine rings is 2. The molecule has 0 spiro atoms. The van der Waals surface area contributed by atoms with Crippen molar-refractivity contribution in [3.05, 3.63) is 89.2 Å². The van der Waals surface area contributed by atoms with E-state index in [0.29, 0.717) is 5.92 Å². The van der Waals surface area contributed by atoms with Crippen molar-refractivity contribution in [2.24, 2.45) is 5.92 Å². The number of fused-ring (bicyclic) bond motifs is 2. The molecule has 3 aliphatic rings. The number of hydrogen-bond donors (Lipinski definition) is 0. The zero-order valence-corrected chi connectivity index (χ0v) is 19.8. The van der Waals surface area contributed by atoms with Gasteiger partial charge in [-0.15, -0.1) is 5.73 Å². The third-order valence-corrected chi connectivity index (χ3v) is 7.49. The summed E-state index contributed by atoms with van der Waals surface area (Å²) in [6.45, 7) is 7.71. The quantitative estimate of drug-likeness (QED) is 0.523. The molecule has 0 amide bonds. The van der Waals surface area contributed by atoms with E-state index in [1.807, 2.05) is 10.7 Å². The van der Waals surface area contributed by atoms with Crippen molar-refractivity contribution in [1.82, 2.24) is 19.5 Å². The molecular weight excluding hydrogens is 420 g/mol. The largest absolute Gasteiger partial charge is 0.381 e. The average Bonchev–Trinajstić information content (AvgIpc) is 3.49. The van der Waals surface area contributed by atoms with Crippen LogP contribution in [0.5, 0.6) is 0 Å². The Bertz CT molecular complexity index is 1370. The highest BCUT2D eigenvalue weighted by molar-refractivity contribution is 5.88. The SMILES string of the molecule is C=C=C(c1cnn2ccc(C3=CCc4ncc(C5=CCN(C)CC5)cc43)cc12)C1CCOCC1. The Morgan fingerprint density at radius 3 is 2.82 bits per heavy atom. The summed E-state index contributed by atoms with van der Waals surface area (Å²) in [6.07, 6.45) is 14.7. The predicted molar refractivity (Wildman–Crippen MR) is 136 cm³/mol. The van der Waals surface area contributed by atoms with Crippen LogP contribution in [-0.4, -0.2) is 52.8 Å². The lowest BCUT2D eigenvalue weighted by molar-refractivity contribution is 0.0808. The van der Waals surface area contributed by atoms with Gasteiger partial charge in [0.25, 0.3) is 0 Å². The lowest BCUT2D eigenvalue weighted by atomic mass is 9.87. The molecule has 0 radical (unpaired) electrons. The second-order valence-corrected chi connectivity index (χ2v) is 9.56. The molecule has 0 bridgehead atoms. The third-order valence-electron chi connectivity index (χ3n) is 7.49. The van der Waals surface area contributed by atoms with Crippen LogP contribution in [-0.2, 0) is 11.2 Å². The molecule has 1 saturated heterocycles. The number of likely N-dealkylation sites (N-methyl/N-ethyl adjacent to an activating group) is 1. The molecule has 0 saturated carbocycles. The van der Waals surface area contributed by atoms with Crippen molar-refractivity contribution in [3.63, 3.8) is 0 Å². The number of ether oxygens (including phenoxy) is 1. The summed E-state index contributed by atoms with van der Waals surface area (Å²) in [4.78, 5) is 7.19. The first-order valence-corrected chi connectivity index (χ1v) is 12.2. The number of aromatic nitrogens is 3. The van der Waals surface area contributed by atoms with E-state index in [4.69, 9.17) is 9.72 Å². The van der Waals surface area contributed by atoms with E-state index in [-0.39, 0.29) is 0 Å². The molecule has 34 heavy (non-hydrogen) atoms. The summed E-state index contributed by atoms with van der Waals surface area (Å²) < 4.78 is 7.54. The summed E-state index contributed by atoms with van der Waals surface area (Å²) in [5, 5.41) is 4.63. The zero-order chi connectivity index (χ0) is 23.1. The summed E-state index contributed by atoms with van der Waals surface area (Å²) in [5.41, 5.74) is 14.2. The summed E-state index contributed by atoms with van der Waals surface area (Å²) in [6, 6.07) is 6.77. The summed E-state index contributed by atoms with van der Waals surface area (Å²) >= 11 is 0. The second kappa shape index (κ2) is 8.84. The van der Waals surface area contributed by atoms with Gasteiger partial charge in [-0.1, -0.05) is 18.7 Å². The molecule has 5 nitrogen and oxygen atoms in total. The normalized spacial score (nSPS) is 19.0. The van der Waals surface area contributed by atoms with E-state index in [1.54, 1.807) is 0 Å². The van der Waals surface area contributed by atoms with Gasteiger partial charge in [-0.2, -0.15) is 5.10 Å². The molecule has 0 N–H and O–H groups in total. The monoisotopic (exact) mass is 450 g/mol. The maximum atomic E-state index is 5.58. The fourth-order valence-electron chi connectivity index (χ4n) is 5.48. The lowest BCUT2D eigenvalue weighted by Crippen LogP contribution is -2.23. The van der Waals surface area contributed by atoms with Crippen molar-refractivity contribution in [3.8, 4) is 0 Å². The van der Waals surface area contributed by atoms with Crippen LogP contribution in [0.4, 0.5) is 0 Å². The third kappa shape index (κ3) is 3.76. The Morgan fingerprint density at radius 1 is 1.15 bits per heavy atom. The van der Waals surface area contributed by atoms with E-state index in [2.05, 4.69) is 72.1 Å². The van der Waals surface area contributed by atoms with E-state index in [1.165, 1.54) is 27.8 Å². The van der Waals surface area contributed by atoms with Crippen LogP contribution in [0.15, 0.2) is 61.3 Å². The Kier molecular flexibility index (Phi) is 5.54. The highest BCUT2D eigenvalue weighted by Gasteiger charge is 2.24. The van der Waals surface area contributed by atoms with E-state index in [0.717, 1.165) is 74.3 Å².